The van der Waals surface area contributed by atoms with Crippen LogP contribution in [-0.4, -0.2) is 27.3 Å². The number of anilines is 1. The van der Waals surface area contributed by atoms with Gasteiger partial charge in [0.2, 0.25) is 0 Å². The van der Waals surface area contributed by atoms with E-state index in [4.69, 9.17) is 15.3 Å². The summed E-state index contributed by atoms with van der Waals surface area (Å²) in [7, 11) is 1.54. The molecule has 20 heavy (non-hydrogen) atoms. The summed E-state index contributed by atoms with van der Waals surface area (Å²) >= 11 is 0. The molecule has 98 valence electrons. The van der Waals surface area contributed by atoms with Crippen molar-refractivity contribution in [3.8, 4) is 23.6 Å². The Kier molecular flexibility index (Phi) is 3.90. The molecule has 2 aromatic rings. The van der Waals surface area contributed by atoms with Crippen LogP contribution in [0.15, 0.2) is 36.3 Å². The molecule has 8 heteroatoms. The number of nitrogens with zero attached hydrogens (tertiary/aromatic N) is 6. The molecule has 0 fully saturated rings. The Morgan fingerprint density at radius 2 is 2.20 bits per heavy atom. The molecular weight excluding hydrogens is 258 g/mol. The first-order valence-electron chi connectivity index (χ1n) is 5.46. The average molecular weight is 267 g/mol. The molecule has 0 radical (unpaired) electrons. The standard InChI is InChI=1S/C12H9N7O/c1-20-10-2-3-12(19-8-16-17-18-19)11(4-10)15-7-9(5-13)6-14/h2-4,7-8,15H,1H3. The zero-order chi connectivity index (χ0) is 14.4. The second-order valence-corrected chi connectivity index (χ2v) is 3.56. The average Bonchev–Trinajstić information content (AvgIpc) is 3.02. The summed E-state index contributed by atoms with van der Waals surface area (Å²) in [6.45, 7) is 0. The molecule has 0 saturated heterocycles. The summed E-state index contributed by atoms with van der Waals surface area (Å²) in [6, 6.07) is 8.74. The fraction of sp³-hybridized carbons (Fsp3) is 0.0833. The summed E-state index contributed by atoms with van der Waals surface area (Å²) in [5.74, 6) is 0.619. The monoisotopic (exact) mass is 267 g/mol. The third-order valence-corrected chi connectivity index (χ3v) is 2.41. The number of hydrogen-bond acceptors (Lipinski definition) is 7. The normalized spacial score (nSPS) is 9.15. The van der Waals surface area contributed by atoms with Crippen LogP contribution in [0.2, 0.25) is 0 Å². The summed E-state index contributed by atoms with van der Waals surface area (Å²) in [6.07, 6.45) is 2.74. The molecule has 1 aromatic heterocycles. The predicted octanol–water partition coefficient (Wildman–Crippen LogP) is 1.01. The quantitative estimate of drug-likeness (QED) is 0.822. The van der Waals surface area contributed by atoms with Crippen molar-refractivity contribution >= 4 is 5.69 Å². The van der Waals surface area contributed by atoms with Crippen LogP contribution in [0.5, 0.6) is 5.75 Å². The zero-order valence-electron chi connectivity index (χ0n) is 10.5. The first-order chi connectivity index (χ1) is 9.78. The maximum atomic E-state index is 8.72. The molecule has 0 aliphatic rings. The Morgan fingerprint density at radius 1 is 1.40 bits per heavy atom. The highest BCUT2D eigenvalue weighted by molar-refractivity contribution is 5.65. The van der Waals surface area contributed by atoms with E-state index in [1.165, 1.54) is 17.2 Å². The summed E-state index contributed by atoms with van der Waals surface area (Å²) in [4.78, 5) is 0. The van der Waals surface area contributed by atoms with Gasteiger partial charge in [0.05, 0.1) is 18.5 Å². The summed E-state index contributed by atoms with van der Waals surface area (Å²) < 4.78 is 6.59. The van der Waals surface area contributed by atoms with Crippen molar-refractivity contribution in [2.24, 2.45) is 0 Å². The van der Waals surface area contributed by atoms with Gasteiger partial charge in [0.25, 0.3) is 0 Å². The smallest absolute Gasteiger partial charge is 0.145 e. The fourth-order valence-electron chi connectivity index (χ4n) is 1.47. The van der Waals surface area contributed by atoms with Crippen LogP contribution < -0.4 is 10.1 Å². The lowest BCUT2D eigenvalue weighted by molar-refractivity contribution is 0.415. The number of allylic oxidation sites excluding steroid dienone is 1. The van der Waals surface area contributed by atoms with Crippen molar-refractivity contribution in [2.45, 2.75) is 0 Å². The maximum absolute atomic E-state index is 8.72. The number of tetrazole rings is 1. The van der Waals surface area contributed by atoms with Crippen LogP contribution in [0.4, 0.5) is 5.69 Å². The van der Waals surface area contributed by atoms with Gasteiger partial charge < -0.3 is 10.1 Å². The minimum absolute atomic E-state index is 0.0458. The molecule has 1 aromatic carbocycles. The molecule has 0 aliphatic carbocycles. The van der Waals surface area contributed by atoms with Crippen LogP contribution in [0, 0.1) is 22.7 Å². The Balaban J connectivity index is 2.42. The predicted molar refractivity (Wildman–Crippen MR) is 68.6 cm³/mol. The topological polar surface area (TPSA) is 112 Å². The molecule has 8 nitrogen and oxygen atoms in total. The molecule has 1 N–H and O–H groups in total. The SMILES string of the molecule is COc1ccc(-n2cnnn2)c(NC=C(C#N)C#N)c1. The third kappa shape index (κ3) is 2.71. The Morgan fingerprint density at radius 3 is 2.80 bits per heavy atom. The lowest BCUT2D eigenvalue weighted by Crippen LogP contribution is -2.01. The van der Waals surface area contributed by atoms with Crippen LogP contribution in [0.1, 0.15) is 0 Å². The highest BCUT2D eigenvalue weighted by atomic mass is 16.5. The van der Waals surface area contributed by atoms with Gasteiger partial charge in [0.1, 0.15) is 29.8 Å². The van der Waals surface area contributed by atoms with E-state index in [0.29, 0.717) is 17.1 Å². The fourth-order valence-corrected chi connectivity index (χ4v) is 1.47. The van der Waals surface area contributed by atoms with E-state index in [1.54, 1.807) is 37.4 Å². The van der Waals surface area contributed by atoms with E-state index >= 15 is 0 Å². The van der Waals surface area contributed by atoms with E-state index < -0.39 is 0 Å². The van der Waals surface area contributed by atoms with E-state index in [2.05, 4.69) is 20.8 Å². The molecule has 0 spiro atoms. The largest absolute Gasteiger partial charge is 0.497 e. The number of nitriles is 2. The van der Waals surface area contributed by atoms with Crippen LogP contribution in [0.25, 0.3) is 5.69 Å². The second-order valence-electron chi connectivity index (χ2n) is 3.56. The van der Waals surface area contributed by atoms with Crippen molar-refractivity contribution in [1.29, 1.82) is 10.5 Å². The number of methoxy groups -OCH3 is 1. The molecule has 0 aliphatic heterocycles. The Labute approximate surface area is 114 Å². The van der Waals surface area contributed by atoms with Gasteiger partial charge in [0.15, 0.2) is 0 Å². The van der Waals surface area contributed by atoms with Gasteiger partial charge in [-0.25, -0.2) is 0 Å². The van der Waals surface area contributed by atoms with Gasteiger partial charge in [-0.1, -0.05) is 0 Å². The van der Waals surface area contributed by atoms with Crippen molar-refractivity contribution in [3.63, 3.8) is 0 Å². The number of hydrogen-bond donors (Lipinski definition) is 1. The molecule has 0 saturated carbocycles. The number of ether oxygens (including phenoxy) is 1. The third-order valence-electron chi connectivity index (χ3n) is 2.41. The van der Waals surface area contributed by atoms with E-state index in [1.807, 2.05) is 0 Å². The van der Waals surface area contributed by atoms with Crippen molar-refractivity contribution in [3.05, 3.63) is 36.3 Å². The highest BCUT2D eigenvalue weighted by Crippen LogP contribution is 2.25. The van der Waals surface area contributed by atoms with E-state index in [9.17, 15) is 0 Å². The van der Waals surface area contributed by atoms with Gasteiger partial charge in [-0.2, -0.15) is 15.2 Å². The number of rotatable bonds is 4. The first kappa shape index (κ1) is 13.1. The van der Waals surface area contributed by atoms with E-state index in [0.717, 1.165) is 0 Å². The molecule has 0 atom stereocenters. The number of benzene rings is 1. The van der Waals surface area contributed by atoms with Crippen LogP contribution in [0.3, 0.4) is 0 Å². The second kappa shape index (κ2) is 5.98. The van der Waals surface area contributed by atoms with Gasteiger partial charge in [-0.05, 0) is 22.6 Å². The Hall–Kier alpha value is -3.39. The molecule has 2 rings (SSSR count). The van der Waals surface area contributed by atoms with Crippen LogP contribution in [-0.2, 0) is 0 Å². The van der Waals surface area contributed by atoms with Gasteiger partial charge in [-0.15, -0.1) is 5.10 Å². The molecule has 1 heterocycles. The molecule has 0 unspecified atom stereocenters. The van der Waals surface area contributed by atoms with Crippen molar-refractivity contribution in [2.75, 3.05) is 12.4 Å². The first-order valence-corrected chi connectivity index (χ1v) is 5.46. The highest BCUT2D eigenvalue weighted by Gasteiger charge is 2.07. The lowest BCUT2D eigenvalue weighted by atomic mass is 10.2. The van der Waals surface area contributed by atoms with Gasteiger partial charge >= 0.3 is 0 Å². The number of nitrogens with one attached hydrogen (secondary N) is 1. The summed E-state index contributed by atoms with van der Waals surface area (Å²) in [5.41, 5.74) is 1.21. The van der Waals surface area contributed by atoms with Crippen LogP contribution >= 0.6 is 0 Å². The minimum Gasteiger partial charge on any atom is -0.497 e. The van der Waals surface area contributed by atoms with Gasteiger partial charge in [-0.3, -0.25) is 0 Å². The zero-order valence-corrected chi connectivity index (χ0v) is 10.5. The van der Waals surface area contributed by atoms with Crippen molar-refractivity contribution in [1.82, 2.24) is 20.2 Å². The number of aromatic nitrogens is 4. The minimum atomic E-state index is -0.0458. The summed E-state index contributed by atoms with van der Waals surface area (Å²) in [5, 5.41) is 31.2. The van der Waals surface area contributed by atoms with Crippen molar-refractivity contribution < 1.29 is 4.74 Å². The maximum Gasteiger partial charge on any atom is 0.145 e. The Bertz CT molecular complexity index is 690. The van der Waals surface area contributed by atoms with E-state index in [-0.39, 0.29) is 5.57 Å². The lowest BCUT2D eigenvalue weighted by Gasteiger charge is -2.10. The molecule has 0 bridgehead atoms. The molecular formula is C12H9N7O. The molecule has 0 amide bonds. The van der Waals surface area contributed by atoms with Gasteiger partial charge in [0, 0.05) is 12.3 Å².